The Kier molecular flexibility index (Phi) is 5.88. The molecule has 0 radical (unpaired) electrons. The van der Waals surface area contributed by atoms with Crippen LogP contribution in [0.5, 0.6) is 11.5 Å². The molecule has 0 saturated carbocycles. The van der Waals surface area contributed by atoms with Gasteiger partial charge in [0.15, 0.2) is 0 Å². The third-order valence-corrected chi connectivity index (χ3v) is 4.25. The maximum Gasteiger partial charge on any atom is 0.127 e. The van der Waals surface area contributed by atoms with E-state index in [1.165, 1.54) is 0 Å². The van der Waals surface area contributed by atoms with Crippen molar-refractivity contribution in [1.82, 2.24) is 5.32 Å². The van der Waals surface area contributed by atoms with Crippen molar-refractivity contribution in [3.63, 3.8) is 0 Å². The van der Waals surface area contributed by atoms with Gasteiger partial charge in [-0.2, -0.15) is 0 Å². The molecule has 1 aromatic rings. The Morgan fingerprint density at radius 3 is 2.43 bits per heavy atom. The summed E-state index contributed by atoms with van der Waals surface area (Å²) in [4.78, 5) is 0. The minimum absolute atomic E-state index is 0.188. The first-order chi connectivity index (χ1) is 10.2. The van der Waals surface area contributed by atoms with Gasteiger partial charge >= 0.3 is 0 Å². The van der Waals surface area contributed by atoms with Crippen molar-refractivity contribution >= 4 is 0 Å². The van der Waals surface area contributed by atoms with Crippen LogP contribution in [0.15, 0.2) is 18.2 Å². The molecule has 1 aliphatic heterocycles. The first kappa shape index (κ1) is 16.1. The molecule has 1 heterocycles. The standard InChI is InChI=1S/C17H27NO3/c1-5-10-18-17(13-9-11-21-12(13)2)16-14(19-3)7-6-8-15(16)20-4/h6-8,12-13,17-18H,5,9-11H2,1-4H3. The van der Waals surface area contributed by atoms with E-state index in [0.29, 0.717) is 5.92 Å². The highest BCUT2D eigenvalue weighted by atomic mass is 16.5. The zero-order valence-corrected chi connectivity index (χ0v) is 13.5. The van der Waals surface area contributed by atoms with Gasteiger partial charge in [0.1, 0.15) is 11.5 Å². The SMILES string of the molecule is CCCNC(c1c(OC)cccc1OC)C1CCOC1C. The molecule has 0 aromatic heterocycles. The fourth-order valence-electron chi connectivity index (χ4n) is 3.14. The van der Waals surface area contributed by atoms with Gasteiger partial charge in [-0.1, -0.05) is 13.0 Å². The van der Waals surface area contributed by atoms with E-state index in [-0.39, 0.29) is 12.1 Å². The molecule has 1 N–H and O–H groups in total. The number of benzene rings is 1. The maximum absolute atomic E-state index is 5.77. The molecule has 1 aromatic carbocycles. The van der Waals surface area contributed by atoms with Crippen molar-refractivity contribution in [2.24, 2.45) is 5.92 Å². The van der Waals surface area contributed by atoms with E-state index in [2.05, 4.69) is 19.2 Å². The Hall–Kier alpha value is -1.26. The maximum atomic E-state index is 5.77. The Labute approximate surface area is 127 Å². The Morgan fingerprint density at radius 1 is 1.29 bits per heavy atom. The third kappa shape index (κ3) is 3.50. The Balaban J connectivity index is 2.39. The molecule has 1 fully saturated rings. The molecule has 0 bridgehead atoms. The van der Waals surface area contributed by atoms with Crippen molar-refractivity contribution in [3.05, 3.63) is 23.8 Å². The zero-order chi connectivity index (χ0) is 15.2. The van der Waals surface area contributed by atoms with Crippen molar-refractivity contribution in [1.29, 1.82) is 0 Å². The lowest BCUT2D eigenvalue weighted by Gasteiger charge is -2.29. The van der Waals surface area contributed by atoms with Gasteiger partial charge in [0.2, 0.25) is 0 Å². The minimum atomic E-state index is 0.188. The number of ether oxygens (including phenoxy) is 3. The Bertz CT molecular complexity index is 427. The third-order valence-electron chi connectivity index (χ3n) is 4.25. The molecule has 0 aliphatic carbocycles. The van der Waals surface area contributed by atoms with Crippen LogP contribution < -0.4 is 14.8 Å². The van der Waals surface area contributed by atoms with Crippen LogP contribution in [0.3, 0.4) is 0 Å². The van der Waals surface area contributed by atoms with Gasteiger partial charge in [-0.05, 0) is 38.4 Å². The Morgan fingerprint density at radius 2 is 1.95 bits per heavy atom. The number of nitrogens with one attached hydrogen (secondary N) is 1. The fraction of sp³-hybridized carbons (Fsp3) is 0.647. The predicted molar refractivity (Wildman–Crippen MR) is 84.1 cm³/mol. The summed E-state index contributed by atoms with van der Waals surface area (Å²) >= 11 is 0. The molecule has 0 amide bonds. The largest absolute Gasteiger partial charge is 0.496 e. The van der Waals surface area contributed by atoms with E-state index in [1.807, 2.05) is 18.2 Å². The van der Waals surface area contributed by atoms with Crippen molar-refractivity contribution in [2.75, 3.05) is 27.4 Å². The second kappa shape index (κ2) is 7.66. The van der Waals surface area contributed by atoms with Crippen molar-refractivity contribution < 1.29 is 14.2 Å². The minimum Gasteiger partial charge on any atom is -0.496 e. The average molecular weight is 293 g/mol. The van der Waals surface area contributed by atoms with E-state index in [0.717, 1.165) is 43.1 Å². The second-order valence-electron chi connectivity index (χ2n) is 5.54. The summed E-state index contributed by atoms with van der Waals surface area (Å²) in [7, 11) is 3.42. The first-order valence-corrected chi connectivity index (χ1v) is 7.78. The quantitative estimate of drug-likeness (QED) is 0.838. The van der Waals surface area contributed by atoms with Gasteiger partial charge < -0.3 is 19.5 Å². The van der Waals surface area contributed by atoms with Gasteiger partial charge in [0.05, 0.1) is 25.9 Å². The van der Waals surface area contributed by atoms with Gasteiger partial charge in [-0.15, -0.1) is 0 Å². The number of methoxy groups -OCH3 is 2. The number of hydrogen-bond acceptors (Lipinski definition) is 4. The molecule has 2 rings (SSSR count). The lowest BCUT2D eigenvalue weighted by atomic mass is 9.87. The van der Waals surface area contributed by atoms with Crippen molar-refractivity contribution in [2.45, 2.75) is 38.8 Å². The number of rotatable bonds is 7. The van der Waals surface area contributed by atoms with E-state index >= 15 is 0 Å². The van der Waals surface area contributed by atoms with Crippen LogP contribution in [0.4, 0.5) is 0 Å². The van der Waals surface area contributed by atoms with E-state index in [1.54, 1.807) is 14.2 Å². The van der Waals surface area contributed by atoms with Crippen LogP contribution in [-0.4, -0.2) is 33.5 Å². The molecule has 3 unspecified atom stereocenters. The van der Waals surface area contributed by atoms with Gasteiger partial charge in [-0.3, -0.25) is 0 Å². The van der Waals surface area contributed by atoms with Gasteiger partial charge in [0.25, 0.3) is 0 Å². The summed E-state index contributed by atoms with van der Waals surface area (Å²) in [6.45, 7) is 6.13. The van der Waals surface area contributed by atoms with Crippen LogP contribution in [0.1, 0.15) is 38.3 Å². The first-order valence-electron chi connectivity index (χ1n) is 7.78. The molecule has 0 spiro atoms. The monoisotopic (exact) mass is 293 g/mol. The van der Waals surface area contributed by atoms with Gasteiger partial charge in [-0.25, -0.2) is 0 Å². The highest BCUT2D eigenvalue weighted by Crippen LogP contribution is 2.41. The molecule has 1 aliphatic rings. The summed E-state index contributed by atoms with van der Waals surface area (Å²) < 4.78 is 16.9. The average Bonchev–Trinajstić information content (AvgIpc) is 2.93. The molecule has 3 atom stereocenters. The topological polar surface area (TPSA) is 39.7 Å². The molecule has 21 heavy (non-hydrogen) atoms. The molecule has 1 saturated heterocycles. The number of hydrogen-bond donors (Lipinski definition) is 1. The normalized spacial score (nSPS) is 23.0. The van der Waals surface area contributed by atoms with E-state index < -0.39 is 0 Å². The highest BCUT2D eigenvalue weighted by molar-refractivity contribution is 5.47. The molecule has 118 valence electrons. The molecule has 4 nitrogen and oxygen atoms in total. The second-order valence-corrected chi connectivity index (χ2v) is 5.54. The highest BCUT2D eigenvalue weighted by Gasteiger charge is 2.35. The van der Waals surface area contributed by atoms with Crippen LogP contribution in [0.2, 0.25) is 0 Å². The van der Waals surface area contributed by atoms with Crippen LogP contribution >= 0.6 is 0 Å². The predicted octanol–water partition coefficient (Wildman–Crippen LogP) is 3.17. The van der Waals surface area contributed by atoms with E-state index in [9.17, 15) is 0 Å². The summed E-state index contributed by atoms with van der Waals surface area (Å²) in [5.74, 6) is 2.19. The fourth-order valence-corrected chi connectivity index (χ4v) is 3.14. The smallest absolute Gasteiger partial charge is 0.127 e. The van der Waals surface area contributed by atoms with Crippen LogP contribution in [-0.2, 0) is 4.74 Å². The van der Waals surface area contributed by atoms with E-state index in [4.69, 9.17) is 14.2 Å². The molecule has 4 heteroatoms. The zero-order valence-electron chi connectivity index (χ0n) is 13.5. The lowest BCUT2D eigenvalue weighted by molar-refractivity contribution is 0.0947. The van der Waals surface area contributed by atoms with Crippen LogP contribution in [0.25, 0.3) is 0 Å². The van der Waals surface area contributed by atoms with Gasteiger partial charge in [0, 0.05) is 18.6 Å². The van der Waals surface area contributed by atoms with Crippen LogP contribution in [0, 0.1) is 5.92 Å². The summed E-state index contributed by atoms with van der Waals surface area (Å²) in [6, 6.07) is 6.15. The van der Waals surface area contributed by atoms with Crippen molar-refractivity contribution in [3.8, 4) is 11.5 Å². The lowest BCUT2D eigenvalue weighted by Crippen LogP contribution is -2.33. The molecular weight excluding hydrogens is 266 g/mol. The molecular formula is C17H27NO3. The summed E-state index contributed by atoms with van der Waals surface area (Å²) in [5, 5.41) is 3.67. The summed E-state index contributed by atoms with van der Waals surface area (Å²) in [6.07, 6.45) is 2.40. The summed E-state index contributed by atoms with van der Waals surface area (Å²) in [5.41, 5.74) is 1.11.